The minimum atomic E-state index is -0.167. The van der Waals surface area contributed by atoms with Crippen LogP contribution in [0, 0.1) is 6.92 Å². The van der Waals surface area contributed by atoms with Crippen molar-refractivity contribution in [3.05, 3.63) is 46.7 Å². The fourth-order valence-corrected chi connectivity index (χ4v) is 2.09. The zero-order valence-corrected chi connectivity index (χ0v) is 13.8. The van der Waals surface area contributed by atoms with Crippen molar-refractivity contribution in [1.29, 1.82) is 0 Å². The molecule has 1 heterocycles. The smallest absolute Gasteiger partial charge is 0.241 e. The summed E-state index contributed by atoms with van der Waals surface area (Å²) in [7, 11) is 0. The minimum Gasteiger partial charge on any atom is -0.354 e. The minimum absolute atomic E-state index is 0.141. The molecule has 0 unspecified atom stereocenters. The van der Waals surface area contributed by atoms with Gasteiger partial charge in [-0.2, -0.15) is 5.10 Å². The molecule has 1 aromatic heterocycles. The molecule has 2 amide bonds. The second-order valence-electron chi connectivity index (χ2n) is 4.87. The van der Waals surface area contributed by atoms with E-state index in [0.29, 0.717) is 6.54 Å². The SMILES string of the molecule is Cc1cnn(CC(=O)NCCC(=O)Nc2ccc(Br)cc2)c1. The molecule has 0 bridgehead atoms. The van der Waals surface area contributed by atoms with Gasteiger partial charge >= 0.3 is 0 Å². The number of halogens is 1. The lowest BCUT2D eigenvalue weighted by Gasteiger charge is -2.07. The molecule has 2 aromatic rings. The summed E-state index contributed by atoms with van der Waals surface area (Å²) >= 11 is 3.33. The van der Waals surface area contributed by atoms with Gasteiger partial charge in [0.1, 0.15) is 6.54 Å². The molecule has 7 heteroatoms. The number of hydrogen-bond acceptors (Lipinski definition) is 3. The van der Waals surface area contributed by atoms with Crippen molar-refractivity contribution in [2.75, 3.05) is 11.9 Å². The number of aryl methyl sites for hydroxylation is 1. The largest absolute Gasteiger partial charge is 0.354 e. The average molecular weight is 365 g/mol. The third-order valence-electron chi connectivity index (χ3n) is 2.87. The standard InChI is InChI=1S/C15H17BrN4O2/c1-11-8-18-20(9-11)10-15(22)17-7-6-14(21)19-13-4-2-12(16)3-5-13/h2-5,8-9H,6-7,10H2,1H3,(H,17,22)(H,19,21). The van der Waals surface area contributed by atoms with E-state index in [9.17, 15) is 9.59 Å². The molecule has 0 radical (unpaired) electrons. The highest BCUT2D eigenvalue weighted by molar-refractivity contribution is 9.10. The summed E-state index contributed by atoms with van der Waals surface area (Å²) in [4.78, 5) is 23.4. The number of rotatable bonds is 6. The van der Waals surface area contributed by atoms with Gasteiger partial charge in [-0.1, -0.05) is 15.9 Å². The van der Waals surface area contributed by atoms with Gasteiger partial charge in [0.25, 0.3) is 0 Å². The Balaban J connectivity index is 1.68. The number of amides is 2. The lowest BCUT2D eigenvalue weighted by atomic mass is 10.3. The number of nitrogens with zero attached hydrogens (tertiary/aromatic N) is 2. The van der Waals surface area contributed by atoms with Crippen LogP contribution in [0.4, 0.5) is 5.69 Å². The van der Waals surface area contributed by atoms with Crippen LogP contribution in [0.25, 0.3) is 0 Å². The van der Waals surface area contributed by atoms with Crippen molar-refractivity contribution in [3.8, 4) is 0 Å². The van der Waals surface area contributed by atoms with E-state index in [2.05, 4.69) is 31.7 Å². The monoisotopic (exact) mass is 364 g/mol. The molecule has 0 saturated carbocycles. The Hall–Kier alpha value is -2.15. The van der Waals surface area contributed by atoms with Crippen molar-refractivity contribution < 1.29 is 9.59 Å². The van der Waals surface area contributed by atoms with Crippen molar-refractivity contribution in [2.24, 2.45) is 0 Å². The van der Waals surface area contributed by atoms with E-state index in [0.717, 1.165) is 15.7 Å². The molecule has 0 saturated heterocycles. The summed E-state index contributed by atoms with van der Waals surface area (Å²) in [6.07, 6.45) is 3.71. The third kappa shape index (κ3) is 5.33. The second kappa shape index (κ2) is 7.74. The van der Waals surface area contributed by atoms with Gasteiger partial charge < -0.3 is 10.6 Å². The van der Waals surface area contributed by atoms with E-state index < -0.39 is 0 Å². The molecule has 0 aliphatic rings. The Morgan fingerprint density at radius 1 is 1.23 bits per heavy atom. The maximum Gasteiger partial charge on any atom is 0.241 e. The van der Waals surface area contributed by atoms with E-state index in [1.807, 2.05) is 19.1 Å². The van der Waals surface area contributed by atoms with E-state index in [4.69, 9.17) is 0 Å². The zero-order chi connectivity index (χ0) is 15.9. The molecular formula is C15H17BrN4O2. The van der Waals surface area contributed by atoms with Gasteiger partial charge in [-0.05, 0) is 36.8 Å². The lowest BCUT2D eigenvalue weighted by Crippen LogP contribution is -2.30. The summed E-state index contributed by atoms with van der Waals surface area (Å²) in [6, 6.07) is 7.31. The Labute approximate surface area is 137 Å². The van der Waals surface area contributed by atoms with Crippen molar-refractivity contribution in [1.82, 2.24) is 15.1 Å². The first kappa shape index (κ1) is 16.2. The summed E-state index contributed by atoms with van der Waals surface area (Å²) in [6.45, 7) is 2.36. The van der Waals surface area contributed by atoms with Crippen molar-refractivity contribution in [3.63, 3.8) is 0 Å². The normalized spacial score (nSPS) is 10.3. The topological polar surface area (TPSA) is 76.0 Å². The molecule has 0 atom stereocenters. The van der Waals surface area contributed by atoms with Gasteiger partial charge in [0.2, 0.25) is 11.8 Å². The summed E-state index contributed by atoms with van der Waals surface area (Å²) in [5, 5.41) is 9.50. The van der Waals surface area contributed by atoms with Gasteiger partial charge in [0, 0.05) is 29.3 Å². The van der Waals surface area contributed by atoms with Gasteiger partial charge in [-0.25, -0.2) is 0 Å². The van der Waals surface area contributed by atoms with Crippen LogP contribution in [0.15, 0.2) is 41.1 Å². The summed E-state index contributed by atoms with van der Waals surface area (Å²) in [5.74, 6) is -0.308. The highest BCUT2D eigenvalue weighted by Gasteiger charge is 2.06. The number of benzene rings is 1. The molecule has 0 fully saturated rings. The van der Waals surface area contributed by atoms with Crippen LogP contribution in [-0.2, 0) is 16.1 Å². The van der Waals surface area contributed by atoms with Gasteiger partial charge in [0.15, 0.2) is 0 Å². The first-order valence-electron chi connectivity index (χ1n) is 6.84. The number of nitrogens with one attached hydrogen (secondary N) is 2. The third-order valence-corrected chi connectivity index (χ3v) is 3.40. The van der Waals surface area contributed by atoms with E-state index in [1.165, 1.54) is 0 Å². The van der Waals surface area contributed by atoms with Gasteiger partial charge in [-0.3, -0.25) is 14.3 Å². The van der Waals surface area contributed by atoms with Gasteiger partial charge in [0.05, 0.1) is 6.20 Å². The van der Waals surface area contributed by atoms with E-state index >= 15 is 0 Å². The zero-order valence-electron chi connectivity index (χ0n) is 12.2. The van der Waals surface area contributed by atoms with Crippen LogP contribution in [0.3, 0.4) is 0 Å². The van der Waals surface area contributed by atoms with Gasteiger partial charge in [-0.15, -0.1) is 0 Å². The molecule has 2 rings (SSSR count). The second-order valence-corrected chi connectivity index (χ2v) is 5.79. The molecular weight excluding hydrogens is 348 g/mol. The Bertz CT molecular complexity index is 652. The predicted molar refractivity (Wildman–Crippen MR) is 87.4 cm³/mol. The van der Waals surface area contributed by atoms with E-state index in [1.54, 1.807) is 29.2 Å². The molecule has 0 aliphatic heterocycles. The quantitative estimate of drug-likeness (QED) is 0.823. The Morgan fingerprint density at radius 3 is 2.59 bits per heavy atom. The number of anilines is 1. The van der Waals surface area contributed by atoms with Crippen molar-refractivity contribution in [2.45, 2.75) is 19.9 Å². The van der Waals surface area contributed by atoms with E-state index in [-0.39, 0.29) is 24.8 Å². The summed E-state index contributed by atoms with van der Waals surface area (Å²) in [5.41, 5.74) is 1.73. The fourth-order valence-electron chi connectivity index (χ4n) is 1.83. The van der Waals surface area contributed by atoms with Crippen molar-refractivity contribution >= 4 is 33.4 Å². The van der Waals surface area contributed by atoms with Crippen LogP contribution in [0.2, 0.25) is 0 Å². The molecule has 116 valence electrons. The molecule has 0 aliphatic carbocycles. The number of aromatic nitrogens is 2. The predicted octanol–water partition coefficient (Wildman–Crippen LogP) is 2.10. The Kier molecular flexibility index (Phi) is 5.71. The maximum absolute atomic E-state index is 11.7. The number of carbonyl (C=O) groups excluding carboxylic acids is 2. The fraction of sp³-hybridized carbons (Fsp3) is 0.267. The van der Waals surface area contributed by atoms with Crippen LogP contribution < -0.4 is 10.6 Å². The van der Waals surface area contributed by atoms with Crippen LogP contribution in [0.5, 0.6) is 0 Å². The first-order valence-corrected chi connectivity index (χ1v) is 7.63. The highest BCUT2D eigenvalue weighted by atomic mass is 79.9. The van der Waals surface area contributed by atoms with Crippen LogP contribution in [0.1, 0.15) is 12.0 Å². The highest BCUT2D eigenvalue weighted by Crippen LogP contribution is 2.14. The Morgan fingerprint density at radius 2 is 1.95 bits per heavy atom. The van der Waals surface area contributed by atoms with Crippen LogP contribution in [-0.4, -0.2) is 28.1 Å². The molecule has 6 nitrogen and oxygen atoms in total. The molecule has 2 N–H and O–H groups in total. The molecule has 1 aromatic carbocycles. The first-order chi connectivity index (χ1) is 10.5. The number of carbonyl (C=O) groups is 2. The average Bonchev–Trinajstić information content (AvgIpc) is 2.86. The molecule has 22 heavy (non-hydrogen) atoms. The van der Waals surface area contributed by atoms with Crippen LogP contribution >= 0.6 is 15.9 Å². The lowest BCUT2D eigenvalue weighted by molar-refractivity contribution is -0.122. The number of hydrogen-bond donors (Lipinski definition) is 2. The summed E-state index contributed by atoms with van der Waals surface area (Å²) < 4.78 is 2.51. The maximum atomic E-state index is 11.7. The molecule has 0 spiro atoms.